The van der Waals surface area contributed by atoms with E-state index in [0.29, 0.717) is 10.7 Å². The maximum absolute atomic E-state index is 12.7. The van der Waals surface area contributed by atoms with Crippen LogP contribution in [0.25, 0.3) is 0 Å². The molecule has 0 fully saturated rings. The van der Waals surface area contributed by atoms with E-state index in [4.69, 9.17) is 23.2 Å². The van der Waals surface area contributed by atoms with E-state index in [0.717, 1.165) is 29.8 Å². The van der Waals surface area contributed by atoms with Gasteiger partial charge in [0.05, 0.1) is 22.0 Å². The number of anilines is 2. The van der Waals surface area contributed by atoms with Crippen molar-refractivity contribution in [2.45, 2.75) is 39.2 Å². The fraction of sp³-hybridized carbons (Fsp3) is 0.350. The van der Waals surface area contributed by atoms with Gasteiger partial charge in [-0.15, -0.1) is 0 Å². The number of aryl methyl sites for hydroxylation is 1. The monoisotopic (exact) mass is 442 g/mol. The van der Waals surface area contributed by atoms with Crippen molar-refractivity contribution in [3.63, 3.8) is 0 Å². The van der Waals surface area contributed by atoms with E-state index < -0.39 is 22.0 Å². The predicted octanol–water partition coefficient (Wildman–Crippen LogP) is 5.13. The van der Waals surface area contributed by atoms with Gasteiger partial charge >= 0.3 is 0 Å². The molecule has 152 valence electrons. The number of sulfonamides is 1. The molecular weight excluding hydrogens is 419 g/mol. The molecule has 0 heterocycles. The zero-order valence-electron chi connectivity index (χ0n) is 16.1. The molecule has 1 N–H and O–H groups in total. The maximum Gasteiger partial charge on any atom is 0.247 e. The average molecular weight is 443 g/mol. The third kappa shape index (κ3) is 5.87. The lowest BCUT2D eigenvalue weighted by molar-refractivity contribution is -0.116. The molecule has 2 aromatic rings. The molecule has 1 atom stereocenters. The minimum atomic E-state index is -3.73. The molecule has 2 aromatic carbocycles. The normalized spacial score (nSPS) is 12.5. The molecular formula is C20H24Cl2N2O3S. The third-order valence-electron chi connectivity index (χ3n) is 4.29. The van der Waals surface area contributed by atoms with Crippen LogP contribution in [0.3, 0.4) is 0 Å². The number of hydrogen-bond donors (Lipinski definition) is 1. The second-order valence-electron chi connectivity index (χ2n) is 6.62. The van der Waals surface area contributed by atoms with E-state index >= 15 is 0 Å². The fourth-order valence-corrected chi connectivity index (χ4v) is 4.27. The highest BCUT2D eigenvalue weighted by Crippen LogP contribution is 2.30. The summed E-state index contributed by atoms with van der Waals surface area (Å²) in [5.41, 5.74) is 2.08. The SMILES string of the molecule is CCCCc1ccc(NC(=O)[C@@H](C)N(c2ccc(Cl)c(Cl)c2)S(C)(=O)=O)cc1. The van der Waals surface area contributed by atoms with Crippen LogP contribution >= 0.6 is 23.2 Å². The van der Waals surface area contributed by atoms with Crippen LogP contribution in [0.15, 0.2) is 42.5 Å². The van der Waals surface area contributed by atoms with Gasteiger partial charge in [-0.05, 0) is 55.7 Å². The summed E-state index contributed by atoms with van der Waals surface area (Å²) in [6, 6.07) is 11.0. The first-order valence-corrected chi connectivity index (χ1v) is 11.6. The van der Waals surface area contributed by atoms with Crippen molar-refractivity contribution in [3.05, 3.63) is 58.1 Å². The molecule has 0 spiro atoms. The largest absolute Gasteiger partial charge is 0.324 e. The molecule has 0 aliphatic carbocycles. The molecule has 0 radical (unpaired) electrons. The van der Waals surface area contributed by atoms with E-state index in [1.54, 1.807) is 0 Å². The number of halogens is 2. The Hall–Kier alpha value is -1.76. The standard InChI is InChI=1S/C20H24Cl2N2O3S/c1-4-5-6-15-7-9-16(10-8-15)23-20(25)14(2)24(28(3,26)27)17-11-12-18(21)19(22)13-17/h7-14H,4-6H2,1-3H3,(H,23,25)/t14-/m1/s1. The molecule has 2 rings (SSSR count). The third-order valence-corrected chi connectivity index (χ3v) is 6.27. The van der Waals surface area contributed by atoms with Crippen LogP contribution in [-0.2, 0) is 21.2 Å². The highest BCUT2D eigenvalue weighted by molar-refractivity contribution is 7.92. The van der Waals surface area contributed by atoms with E-state index in [-0.39, 0.29) is 10.7 Å². The van der Waals surface area contributed by atoms with Crippen LogP contribution < -0.4 is 9.62 Å². The summed E-state index contributed by atoms with van der Waals surface area (Å²) in [7, 11) is -3.73. The number of carbonyl (C=O) groups is 1. The molecule has 28 heavy (non-hydrogen) atoms. The summed E-state index contributed by atoms with van der Waals surface area (Å²) in [6.07, 6.45) is 4.25. The van der Waals surface area contributed by atoms with Gasteiger partial charge in [0.15, 0.2) is 0 Å². The zero-order chi connectivity index (χ0) is 20.9. The fourth-order valence-electron chi connectivity index (χ4n) is 2.81. The molecule has 0 aromatic heterocycles. The van der Waals surface area contributed by atoms with Crippen molar-refractivity contribution in [2.24, 2.45) is 0 Å². The lowest BCUT2D eigenvalue weighted by Gasteiger charge is -2.28. The van der Waals surface area contributed by atoms with Crippen molar-refractivity contribution in [3.8, 4) is 0 Å². The second-order valence-corrected chi connectivity index (χ2v) is 9.30. The van der Waals surface area contributed by atoms with Crippen LogP contribution in [0.2, 0.25) is 10.0 Å². The van der Waals surface area contributed by atoms with Gasteiger partial charge in [-0.1, -0.05) is 48.7 Å². The molecule has 0 aliphatic rings. The highest BCUT2D eigenvalue weighted by atomic mass is 35.5. The summed E-state index contributed by atoms with van der Waals surface area (Å²) in [4.78, 5) is 12.7. The minimum Gasteiger partial charge on any atom is -0.324 e. The van der Waals surface area contributed by atoms with Crippen molar-refractivity contribution in [1.29, 1.82) is 0 Å². The number of amides is 1. The smallest absolute Gasteiger partial charge is 0.247 e. The lowest BCUT2D eigenvalue weighted by Crippen LogP contribution is -2.45. The van der Waals surface area contributed by atoms with Gasteiger partial charge in [-0.3, -0.25) is 9.10 Å². The lowest BCUT2D eigenvalue weighted by atomic mass is 10.1. The van der Waals surface area contributed by atoms with E-state index in [9.17, 15) is 13.2 Å². The topological polar surface area (TPSA) is 66.5 Å². The van der Waals surface area contributed by atoms with E-state index in [1.165, 1.54) is 30.7 Å². The summed E-state index contributed by atoms with van der Waals surface area (Å²) in [6.45, 7) is 3.66. The molecule has 5 nitrogen and oxygen atoms in total. The number of nitrogens with zero attached hydrogens (tertiary/aromatic N) is 1. The summed E-state index contributed by atoms with van der Waals surface area (Å²) < 4.78 is 25.7. The Balaban J connectivity index is 2.20. The maximum atomic E-state index is 12.7. The van der Waals surface area contributed by atoms with Crippen LogP contribution in [0.5, 0.6) is 0 Å². The van der Waals surface area contributed by atoms with Gasteiger partial charge in [0.1, 0.15) is 6.04 Å². The summed E-state index contributed by atoms with van der Waals surface area (Å²) in [5, 5.41) is 3.29. The van der Waals surface area contributed by atoms with E-state index in [1.807, 2.05) is 24.3 Å². The number of benzene rings is 2. The Bertz CT molecular complexity index is 931. The number of unbranched alkanes of at least 4 members (excludes halogenated alkanes) is 1. The van der Waals surface area contributed by atoms with E-state index in [2.05, 4.69) is 12.2 Å². The van der Waals surface area contributed by atoms with Crippen molar-refractivity contribution in [1.82, 2.24) is 0 Å². The first kappa shape index (κ1) is 22.5. The molecule has 8 heteroatoms. The average Bonchev–Trinajstić information content (AvgIpc) is 2.63. The van der Waals surface area contributed by atoms with Gasteiger partial charge < -0.3 is 5.32 Å². The van der Waals surface area contributed by atoms with Crippen LogP contribution in [-0.4, -0.2) is 26.6 Å². The Labute approximate surface area is 176 Å². The highest BCUT2D eigenvalue weighted by Gasteiger charge is 2.29. The first-order chi connectivity index (χ1) is 13.1. The Kier molecular flexibility index (Phi) is 7.75. The van der Waals surface area contributed by atoms with Crippen molar-refractivity contribution < 1.29 is 13.2 Å². The Morgan fingerprint density at radius 1 is 1.11 bits per heavy atom. The molecule has 0 unspecified atom stereocenters. The van der Waals surface area contributed by atoms with Crippen molar-refractivity contribution >= 4 is 50.5 Å². The van der Waals surface area contributed by atoms with Crippen LogP contribution in [0, 0.1) is 0 Å². The van der Waals surface area contributed by atoms with Gasteiger partial charge in [-0.25, -0.2) is 8.42 Å². The molecule has 0 bridgehead atoms. The minimum absolute atomic E-state index is 0.211. The van der Waals surface area contributed by atoms with Crippen LogP contribution in [0.4, 0.5) is 11.4 Å². The Morgan fingerprint density at radius 2 is 1.75 bits per heavy atom. The number of hydrogen-bond acceptors (Lipinski definition) is 3. The molecule has 0 saturated heterocycles. The molecule has 0 aliphatic heterocycles. The first-order valence-electron chi connectivity index (χ1n) is 8.97. The second kappa shape index (κ2) is 9.63. The zero-order valence-corrected chi connectivity index (χ0v) is 18.4. The molecule has 1 amide bonds. The quantitative estimate of drug-likeness (QED) is 0.615. The summed E-state index contributed by atoms with van der Waals surface area (Å²) >= 11 is 11.9. The number of nitrogens with one attached hydrogen (secondary N) is 1. The Morgan fingerprint density at radius 3 is 2.29 bits per heavy atom. The van der Waals surface area contributed by atoms with Gasteiger partial charge in [0.25, 0.3) is 0 Å². The number of rotatable bonds is 8. The summed E-state index contributed by atoms with van der Waals surface area (Å²) in [5.74, 6) is -0.446. The van der Waals surface area contributed by atoms with Crippen LogP contribution in [0.1, 0.15) is 32.3 Å². The number of carbonyl (C=O) groups excluding carboxylic acids is 1. The van der Waals surface area contributed by atoms with Gasteiger partial charge in [0.2, 0.25) is 15.9 Å². The predicted molar refractivity (Wildman–Crippen MR) is 117 cm³/mol. The van der Waals surface area contributed by atoms with Crippen molar-refractivity contribution in [2.75, 3.05) is 15.9 Å². The van der Waals surface area contributed by atoms with Gasteiger partial charge in [0, 0.05) is 5.69 Å². The van der Waals surface area contributed by atoms with Gasteiger partial charge in [-0.2, -0.15) is 0 Å². The molecule has 0 saturated carbocycles.